The maximum absolute atomic E-state index is 12.9. The van der Waals surface area contributed by atoms with Crippen LogP contribution in [0.5, 0.6) is 0 Å². The average Bonchev–Trinajstić information content (AvgIpc) is 3.35. The second-order valence-corrected chi connectivity index (χ2v) is 12.4. The van der Waals surface area contributed by atoms with E-state index < -0.39 is 21.6 Å². The SMILES string of the molecule is CCS(=O)(=O)c1cnc(CC(=O)Nc2nc3c(s2)CN(Cc2ccc(C(F)(F)F)cc2)C3C(C)C)nc1. The van der Waals surface area contributed by atoms with Gasteiger partial charge in [-0.1, -0.05) is 32.9 Å². The topological polar surface area (TPSA) is 105 Å². The molecule has 0 radical (unpaired) electrons. The van der Waals surface area contributed by atoms with Gasteiger partial charge in [-0.25, -0.2) is 23.4 Å². The fourth-order valence-electron chi connectivity index (χ4n) is 4.21. The lowest BCUT2D eigenvalue weighted by Gasteiger charge is -2.27. The predicted octanol–water partition coefficient (Wildman–Crippen LogP) is 4.64. The number of fused-ring (bicyclic) bond motifs is 1. The highest BCUT2D eigenvalue weighted by Gasteiger charge is 2.36. The van der Waals surface area contributed by atoms with Crippen LogP contribution in [0.25, 0.3) is 0 Å². The molecule has 2 aromatic heterocycles. The molecule has 1 amide bonds. The molecular weight excluding hydrogens is 527 g/mol. The first-order valence-corrected chi connectivity index (χ1v) is 14.1. The van der Waals surface area contributed by atoms with E-state index in [1.807, 2.05) is 0 Å². The van der Waals surface area contributed by atoms with Crippen molar-refractivity contribution < 1.29 is 26.4 Å². The first-order chi connectivity index (χ1) is 17.4. The lowest BCUT2D eigenvalue weighted by atomic mass is 10.0. The van der Waals surface area contributed by atoms with Crippen molar-refractivity contribution in [3.63, 3.8) is 0 Å². The van der Waals surface area contributed by atoms with E-state index in [-0.39, 0.29) is 40.8 Å². The Kier molecular flexibility index (Phi) is 7.67. The van der Waals surface area contributed by atoms with Gasteiger partial charge in [0.1, 0.15) is 10.7 Å². The molecule has 0 aliphatic carbocycles. The third kappa shape index (κ3) is 6.16. The number of amides is 1. The standard InChI is InChI=1S/C24H26F3N5O3S2/c1-4-37(34,35)17-10-28-19(29-11-17)9-20(33)30-23-31-21-18(36-23)13-32(22(21)14(2)3)12-15-5-7-16(8-6-15)24(25,26)27/h5-8,10-11,14,22H,4,9,12-13H2,1-3H3,(H,30,31,33). The summed E-state index contributed by atoms with van der Waals surface area (Å²) in [6, 6.07) is 5.14. The summed E-state index contributed by atoms with van der Waals surface area (Å²) >= 11 is 1.36. The molecule has 8 nitrogen and oxygen atoms in total. The number of halogens is 3. The maximum Gasteiger partial charge on any atom is 0.416 e. The van der Waals surface area contributed by atoms with Crippen LogP contribution in [-0.2, 0) is 40.3 Å². The highest BCUT2D eigenvalue weighted by molar-refractivity contribution is 7.91. The Morgan fingerprint density at radius 1 is 1.19 bits per heavy atom. The summed E-state index contributed by atoms with van der Waals surface area (Å²) in [4.78, 5) is 28.3. The van der Waals surface area contributed by atoms with Gasteiger partial charge in [0.2, 0.25) is 5.91 Å². The van der Waals surface area contributed by atoms with Crippen molar-refractivity contribution in [1.82, 2.24) is 19.9 Å². The average molecular weight is 554 g/mol. The van der Waals surface area contributed by atoms with Gasteiger partial charge in [-0.15, -0.1) is 11.3 Å². The largest absolute Gasteiger partial charge is 0.416 e. The van der Waals surface area contributed by atoms with Crippen molar-refractivity contribution in [2.24, 2.45) is 5.92 Å². The first kappa shape index (κ1) is 27.1. The summed E-state index contributed by atoms with van der Waals surface area (Å²) in [7, 11) is -3.42. The number of benzene rings is 1. The van der Waals surface area contributed by atoms with E-state index in [9.17, 15) is 26.4 Å². The van der Waals surface area contributed by atoms with Gasteiger partial charge in [-0.3, -0.25) is 9.69 Å². The van der Waals surface area contributed by atoms with E-state index in [1.165, 1.54) is 42.8 Å². The predicted molar refractivity (Wildman–Crippen MR) is 132 cm³/mol. The summed E-state index contributed by atoms with van der Waals surface area (Å²) < 4.78 is 62.4. The molecule has 0 bridgehead atoms. The van der Waals surface area contributed by atoms with Gasteiger partial charge in [-0.05, 0) is 23.6 Å². The van der Waals surface area contributed by atoms with E-state index in [4.69, 9.17) is 0 Å². The molecule has 4 rings (SSSR count). The molecule has 13 heteroatoms. The summed E-state index contributed by atoms with van der Waals surface area (Å²) in [6.07, 6.45) is -2.10. The Bertz CT molecular complexity index is 1370. The van der Waals surface area contributed by atoms with Crippen LogP contribution >= 0.6 is 11.3 Å². The molecule has 1 aliphatic rings. The second kappa shape index (κ2) is 10.5. The highest BCUT2D eigenvalue weighted by Crippen LogP contribution is 2.43. The second-order valence-electron chi connectivity index (χ2n) is 9.08. The summed E-state index contributed by atoms with van der Waals surface area (Å²) in [5.41, 5.74) is 0.958. The Morgan fingerprint density at radius 3 is 2.41 bits per heavy atom. The van der Waals surface area contributed by atoms with Crippen LogP contribution in [-0.4, -0.2) is 39.9 Å². The minimum Gasteiger partial charge on any atom is -0.302 e. The van der Waals surface area contributed by atoms with Crippen molar-refractivity contribution in [2.75, 3.05) is 11.1 Å². The lowest BCUT2D eigenvalue weighted by molar-refractivity contribution is -0.137. The number of hydrogen-bond acceptors (Lipinski definition) is 8. The van der Waals surface area contributed by atoms with Gasteiger partial charge in [0.15, 0.2) is 15.0 Å². The molecule has 0 saturated heterocycles. The van der Waals surface area contributed by atoms with Crippen LogP contribution in [0, 0.1) is 5.92 Å². The monoisotopic (exact) mass is 553 g/mol. The van der Waals surface area contributed by atoms with E-state index in [2.05, 4.69) is 39.0 Å². The molecule has 1 atom stereocenters. The van der Waals surface area contributed by atoms with Crippen LogP contribution in [0.2, 0.25) is 0 Å². The smallest absolute Gasteiger partial charge is 0.302 e. The molecule has 1 unspecified atom stereocenters. The van der Waals surface area contributed by atoms with E-state index >= 15 is 0 Å². The Labute approximate surface area is 216 Å². The van der Waals surface area contributed by atoms with Crippen LogP contribution < -0.4 is 5.32 Å². The summed E-state index contributed by atoms with van der Waals surface area (Å²) in [5, 5.41) is 3.21. The van der Waals surface area contributed by atoms with Gasteiger partial charge in [-0.2, -0.15) is 13.2 Å². The number of hydrogen-bond donors (Lipinski definition) is 1. The van der Waals surface area contributed by atoms with Crippen LogP contribution in [0.3, 0.4) is 0 Å². The molecule has 0 fully saturated rings. The molecular formula is C24H26F3N5O3S2. The summed E-state index contributed by atoms with van der Waals surface area (Å²) in [6.45, 7) is 6.68. The summed E-state index contributed by atoms with van der Waals surface area (Å²) in [5.74, 6) is -0.0577. The van der Waals surface area contributed by atoms with Crippen molar-refractivity contribution in [2.45, 2.75) is 57.4 Å². The van der Waals surface area contributed by atoms with E-state index in [1.54, 1.807) is 0 Å². The number of aromatic nitrogens is 3. The van der Waals surface area contributed by atoms with Crippen LogP contribution in [0.4, 0.5) is 18.3 Å². The minimum atomic E-state index is -4.37. The van der Waals surface area contributed by atoms with E-state index in [0.29, 0.717) is 18.2 Å². The zero-order valence-corrected chi connectivity index (χ0v) is 22.0. The Morgan fingerprint density at radius 2 is 1.84 bits per heavy atom. The fraction of sp³-hybridized carbons (Fsp3) is 0.417. The van der Waals surface area contributed by atoms with Crippen LogP contribution in [0.1, 0.15) is 54.3 Å². The number of alkyl halides is 3. The lowest BCUT2D eigenvalue weighted by Crippen LogP contribution is -2.26. The number of carbonyl (C=O) groups excluding carboxylic acids is 1. The molecule has 0 spiro atoms. The number of nitrogens with zero attached hydrogens (tertiary/aromatic N) is 4. The zero-order chi connectivity index (χ0) is 27.0. The van der Waals surface area contributed by atoms with Crippen molar-refractivity contribution >= 4 is 32.2 Å². The van der Waals surface area contributed by atoms with Gasteiger partial charge in [0.05, 0.1) is 29.5 Å². The van der Waals surface area contributed by atoms with Crippen molar-refractivity contribution in [1.29, 1.82) is 0 Å². The zero-order valence-electron chi connectivity index (χ0n) is 20.4. The number of sulfone groups is 1. The maximum atomic E-state index is 12.9. The van der Waals surface area contributed by atoms with E-state index in [0.717, 1.165) is 28.3 Å². The fourth-order valence-corrected chi connectivity index (χ4v) is 6.01. The third-order valence-corrected chi connectivity index (χ3v) is 8.69. The normalized spacial score (nSPS) is 16.2. The number of nitrogens with one attached hydrogen (secondary N) is 1. The highest BCUT2D eigenvalue weighted by atomic mass is 32.2. The molecule has 1 aliphatic heterocycles. The number of rotatable bonds is 8. The minimum absolute atomic E-state index is 0.0103. The van der Waals surface area contributed by atoms with Gasteiger partial charge in [0, 0.05) is 30.4 Å². The van der Waals surface area contributed by atoms with Crippen LogP contribution in [0.15, 0.2) is 41.6 Å². The number of thiazole rings is 1. The molecule has 0 saturated carbocycles. The van der Waals surface area contributed by atoms with Crippen molar-refractivity contribution in [3.8, 4) is 0 Å². The first-order valence-electron chi connectivity index (χ1n) is 11.6. The molecule has 198 valence electrons. The number of carbonyl (C=O) groups is 1. The molecule has 37 heavy (non-hydrogen) atoms. The Balaban J connectivity index is 1.41. The number of anilines is 1. The Hall–Kier alpha value is -2.90. The van der Waals surface area contributed by atoms with Gasteiger partial charge < -0.3 is 5.32 Å². The van der Waals surface area contributed by atoms with Gasteiger partial charge in [0.25, 0.3) is 0 Å². The molecule has 3 aromatic rings. The van der Waals surface area contributed by atoms with Gasteiger partial charge >= 0.3 is 6.18 Å². The molecule has 1 aromatic carbocycles. The quantitative estimate of drug-likeness (QED) is 0.433. The molecule has 3 heterocycles. The van der Waals surface area contributed by atoms with Crippen molar-refractivity contribution in [3.05, 3.63) is 64.2 Å². The third-order valence-electron chi connectivity index (χ3n) is 6.03. The molecule has 1 N–H and O–H groups in total.